The fourth-order valence-electron chi connectivity index (χ4n) is 1.11. The summed E-state index contributed by atoms with van der Waals surface area (Å²) >= 11 is 0. The van der Waals surface area contributed by atoms with Crippen LogP contribution in [-0.4, -0.2) is 18.5 Å². The van der Waals surface area contributed by atoms with Crippen LogP contribution in [0.3, 0.4) is 0 Å². The van der Waals surface area contributed by atoms with Gasteiger partial charge in [-0.25, -0.2) is 0 Å². The van der Waals surface area contributed by atoms with Crippen LogP contribution in [0.1, 0.15) is 59.3 Å². The van der Waals surface area contributed by atoms with Gasteiger partial charge in [-0.1, -0.05) is 27.2 Å². The van der Waals surface area contributed by atoms with Gasteiger partial charge in [0.15, 0.2) is 0 Å². The molecule has 0 heterocycles. The van der Waals surface area contributed by atoms with Gasteiger partial charge in [-0.3, -0.25) is 9.59 Å². The van der Waals surface area contributed by atoms with Crippen molar-refractivity contribution < 1.29 is 14.0 Å². The molecule has 96 valence electrons. The number of unbranched alkanes of at least 4 members (excludes halogenated alkanes) is 2. The summed E-state index contributed by atoms with van der Waals surface area (Å²) in [5.41, 5.74) is 0. The highest BCUT2D eigenvalue weighted by Crippen LogP contribution is 2.00. The monoisotopic (exact) mass is 233 g/mol. The van der Waals surface area contributed by atoms with Crippen molar-refractivity contribution in [2.45, 2.75) is 59.3 Å². The molecule has 1 N–H and O–H groups in total. The highest BCUT2D eigenvalue weighted by Gasteiger charge is 1.99. The van der Waals surface area contributed by atoms with E-state index in [9.17, 15) is 14.0 Å². The largest absolute Gasteiger partial charge is 0.356 e. The van der Waals surface area contributed by atoms with E-state index in [1.54, 1.807) is 0 Å². The third-order valence-electron chi connectivity index (χ3n) is 1.85. The van der Waals surface area contributed by atoms with Gasteiger partial charge in [0.25, 0.3) is 0 Å². The van der Waals surface area contributed by atoms with E-state index in [2.05, 4.69) is 5.32 Å². The van der Waals surface area contributed by atoms with Gasteiger partial charge in [-0.2, -0.15) is 4.39 Å². The molecule has 0 spiro atoms. The number of carbonyl (C=O) groups is 2. The van der Waals surface area contributed by atoms with E-state index < -0.39 is 6.04 Å². The lowest BCUT2D eigenvalue weighted by atomic mass is 10.2. The molecule has 4 heteroatoms. The molecule has 0 atom stereocenters. The Morgan fingerprint density at radius 2 is 1.69 bits per heavy atom. The molecule has 0 unspecified atom stereocenters. The first-order valence-corrected chi connectivity index (χ1v) is 6.11. The summed E-state index contributed by atoms with van der Waals surface area (Å²) in [7, 11) is 0. The summed E-state index contributed by atoms with van der Waals surface area (Å²) < 4.78 is 11.7. The fraction of sp³-hybridized carbons (Fsp3) is 0.833. The zero-order chi connectivity index (χ0) is 12.8. The van der Waals surface area contributed by atoms with Gasteiger partial charge >= 0.3 is 6.04 Å². The van der Waals surface area contributed by atoms with Crippen LogP contribution in [0, 0.1) is 0 Å². The third kappa shape index (κ3) is 15.5. The topological polar surface area (TPSA) is 46.2 Å². The van der Waals surface area contributed by atoms with Crippen LogP contribution in [0.5, 0.6) is 0 Å². The van der Waals surface area contributed by atoms with Gasteiger partial charge in [-0.15, -0.1) is 0 Å². The van der Waals surface area contributed by atoms with Crippen LogP contribution < -0.4 is 5.32 Å². The van der Waals surface area contributed by atoms with E-state index >= 15 is 0 Å². The molecule has 0 aliphatic rings. The summed E-state index contributed by atoms with van der Waals surface area (Å²) in [5, 5.41) is 2.75. The van der Waals surface area contributed by atoms with Gasteiger partial charge in [0.05, 0.1) is 0 Å². The predicted octanol–water partition coefficient (Wildman–Crippen LogP) is 2.99. The van der Waals surface area contributed by atoms with Crippen molar-refractivity contribution in [1.29, 1.82) is 0 Å². The van der Waals surface area contributed by atoms with E-state index in [-0.39, 0.29) is 12.3 Å². The Labute approximate surface area is 97.8 Å². The minimum atomic E-state index is -1.25. The van der Waals surface area contributed by atoms with Crippen LogP contribution in [0.4, 0.5) is 4.39 Å². The first kappa shape index (κ1) is 17.5. The Bertz CT molecular complexity index is 184. The minimum Gasteiger partial charge on any atom is -0.356 e. The number of carbonyl (C=O) groups excluding carboxylic acids is 2. The molecule has 0 aromatic carbocycles. The normalized spacial score (nSPS) is 9.00. The van der Waals surface area contributed by atoms with Crippen molar-refractivity contribution in [3.05, 3.63) is 0 Å². The summed E-state index contributed by atoms with van der Waals surface area (Å²) in [4.78, 5) is 20.9. The molecule has 16 heavy (non-hydrogen) atoms. The molecule has 0 saturated carbocycles. The van der Waals surface area contributed by atoms with Crippen molar-refractivity contribution in [2.24, 2.45) is 0 Å². The second kappa shape index (κ2) is 14.1. The zero-order valence-corrected chi connectivity index (χ0v) is 10.6. The van der Waals surface area contributed by atoms with Gasteiger partial charge < -0.3 is 5.32 Å². The lowest BCUT2D eigenvalue weighted by molar-refractivity contribution is -0.129. The van der Waals surface area contributed by atoms with Crippen LogP contribution in [0.25, 0.3) is 0 Å². The van der Waals surface area contributed by atoms with Crippen LogP contribution in [0.15, 0.2) is 0 Å². The number of halogens is 1. The van der Waals surface area contributed by atoms with Crippen molar-refractivity contribution >= 4 is 11.9 Å². The number of amides is 1. The van der Waals surface area contributed by atoms with Gasteiger partial charge in [-0.05, 0) is 19.3 Å². The molecule has 0 aliphatic carbocycles. The summed E-state index contributed by atoms with van der Waals surface area (Å²) in [5.74, 6) is 0.0640. The number of rotatable bonds is 8. The van der Waals surface area contributed by atoms with Gasteiger partial charge in [0, 0.05) is 19.4 Å². The standard InChI is InChI=1S/C10H18FNO2.C2H6/c1-2-6-10(14)12-8-5-3-4-7-9(11)13;1-2/h2-8H2,1H3,(H,12,14);1-2H3. The maximum absolute atomic E-state index is 11.7. The first-order chi connectivity index (χ1) is 7.66. The maximum atomic E-state index is 11.7. The lowest BCUT2D eigenvalue weighted by Crippen LogP contribution is -2.23. The van der Waals surface area contributed by atoms with Crippen molar-refractivity contribution in [3.8, 4) is 0 Å². The van der Waals surface area contributed by atoms with E-state index in [1.807, 2.05) is 20.8 Å². The quantitative estimate of drug-likeness (QED) is 0.517. The van der Waals surface area contributed by atoms with Gasteiger partial charge in [0.2, 0.25) is 5.91 Å². The molecule has 0 aliphatic heterocycles. The number of nitrogens with one attached hydrogen (secondary N) is 1. The highest BCUT2D eigenvalue weighted by molar-refractivity contribution is 5.75. The van der Waals surface area contributed by atoms with Crippen LogP contribution >= 0.6 is 0 Å². The van der Waals surface area contributed by atoms with Crippen LogP contribution in [-0.2, 0) is 9.59 Å². The third-order valence-corrected chi connectivity index (χ3v) is 1.85. The molecule has 1 amide bonds. The maximum Gasteiger partial charge on any atom is 0.301 e. The predicted molar refractivity (Wildman–Crippen MR) is 63.8 cm³/mol. The first-order valence-electron chi connectivity index (χ1n) is 6.11. The molecular weight excluding hydrogens is 209 g/mol. The molecule has 0 saturated heterocycles. The van der Waals surface area contributed by atoms with Crippen molar-refractivity contribution in [1.82, 2.24) is 5.32 Å². The fourth-order valence-corrected chi connectivity index (χ4v) is 1.11. The molecule has 0 rings (SSSR count). The molecule has 3 nitrogen and oxygen atoms in total. The highest BCUT2D eigenvalue weighted by atomic mass is 19.1. The summed E-state index contributed by atoms with van der Waals surface area (Å²) in [6.07, 6.45) is 3.57. The van der Waals surface area contributed by atoms with E-state index in [1.165, 1.54) is 0 Å². The van der Waals surface area contributed by atoms with Gasteiger partial charge in [0.1, 0.15) is 0 Å². The Hall–Kier alpha value is -0.930. The second-order valence-electron chi connectivity index (χ2n) is 3.27. The van der Waals surface area contributed by atoms with E-state index in [4.69, 9.17) is 0 Å². The average molecular weight is 233 g/mol. The Kier molecular flexibility index (Phi) is 15.4. The Balaban J connectivity index is 0. The van der Waals surface area contributed by atoms with Crippen LogP contribution in [0.2, 0.25) is 0 Å². The number of hydrogen-bond acceptors (Lipinski definition) is 2. The molecule has 0 bridgehead atoms. The summed E-state index contributed by atoms with van der Waals surface area (Å²) in [6.45, 7) is 6.58. The lowest BCUT2D eigenvalue weighted by Gasteiger charge is -2.02. The molecule has 0 radical (unpaired) electrons. The second-order valence-corrected chi connectivity index (χ2v) is 3.27. The SMILES string of the molecule is CC.CCCC(=O)NCCCCCC(=O)F. The minimum absolute atomic E-state index is 0.00288. The Morgan fingerprint density at radius 3 is 2.19 bits per heavy atom. The average Bonchev–Trinajstić information content (AvgIpc) is 2.26. The molecular formula is C12H24FNO2. The Morgan fingerprint density at radius 1 is 1.06 bits per heavy atom. The van der Waals surface area contributed by atoms with Crippen molar-refractivity contribution in [3.63, 3.8) is 0 Å². The summed E-state index contributed by atoms with van der Waals surface area (Å²) in [6, 6.07) is -1.25. The molecule has 0 aromatic rings. The van der Waals surface area contributed by atoms with E-state index in [0.717, 1.165) is 19.3 Å². The van der Waals surface area contributed by atoms with E-state index in [0.29, 0.717) is 19.4 Å². The van der Waals surface area contributed by atoms with Crippen molar-refractivity contribution in [2.75, 3.05) is 6.54 Å². The zero-order valence-electron chi connectivity index (χ0n) is 10.6. The smallest absolute Gasteiger partial charge is 0.301 e. The molecule has 0 aromatic heterocycles. The number of hydrogen-bond donors (Lipinski definition) is 1. The molecule has 0 fully saturated rings.